The number of benzene rings is 2. The zero-order valence-corrected chi connectivity index (χ0v) is 14.1. The molecule has 0 bridgehead atoms. The van der Waals surface area contributed by atoms with Crippen molar-refractivity contribution in [3.8, 4) is 17.2 Å². The largest absolute Gasteiger partial charge is 0.493 e. The van der Waals surface area contributed by atoms with Gasteiger partial charge in [0.2, 0.25) is 5.75 Å². The first-order chi connectivity index (χ1) is 11.6. The van der Waals surface area contributed by atoms with Crippen molar-refractivity contribution >= 4 is 6.08 Å². The molecule has 2 aromatic carbocycles. The summed E-state index contributed by atoms with van der Waals surface area (Å²) in [4.78, 5) is 0. The van der Waals surface area contributed by atoms with Crippen LogP contribution in [0.5, 0.6) is 17.2 Å². The van der Waals surface area contributed by atoms with Crippen molar-refractivity contribution < 1.29 is 18.6 Å². The second kappa shape index (κ2) is 8.20. The summed E-state index contributed by atoms with van der Waals surface area (Å²) in [6.45, 7) is 3.83. The van der Waals surface area contributed by atoms with E-state index in [0.717, 1.165) is 11.1 Å². The highest BCUT2D eigenvalue weighted by atomic mass is 19.1. The van der Waals surface area contributed by atoms with Gasteiger partial charge in [0.1, 0.15) is 5.82 Å². The highest BCUT2D eigenvalue weighted by molar-refractivity contribution is 5.67. The number of rotatable bonds is 7. The fraction of sp³-hybridized carbons (Fsp3) is 0.200. The van der Waals surface area contributed by atoms with E-state index in [0.29, 0.717) is 17.2 Å². The maximum absolute atomic E-state index is 13.4. The molecule has 0 amide bonds. The summed E-state index contributed by atoms with van der Waals surface area (Å²) in [5, 5.41) is 0. The van der Waals surface area contributed by atoms with E-state index in [4.69, 9.17) is 14.2 Å². The SMILES string of the molecule is C=CC(/C=C/c1ccc(OC)c(OC)c1OC)c1cccc(F)c1. The molecule has 0 aliphatic carbocycles. The highest BCUT2D eigenvalue weighted by Gasteiger charge is 2.14. The summed E-state index contributed by atoms with van der Waals surface area (Å²) < 4.78 is 29.5. The van der Waals surface area contributed by atoms with Gasteiger partial charge in [-0.1, -0.05) is 30.4 Å². The summed E-state index contributed by atoms with van der Waals surface area (Å²) in [5.74, 6) is 1.32. The van der Waals surface area contributed by atoms with Crippen molar-refractivity contribution in [2.45, 2.75) is 5.92 Å². The predicted molar refractivity (Wildman–Crippen MR) is 94.5 cm³/mol. The molecule has 0 fully saturated rings. The van der Waals surface area contributed by atoms with Gasteiger partial charge in [-0.3, -0.25) is 0 Å². The second-order valence-corrected chi connectivity index (χ2v) is 5.10. The van der Waals surface area contributed by atoms with Gasteiger partial charge in [0.15, 0.2) is 11.5 Å². The van der Waals surface area contributed by atoms with E-state index in [9.17, 15) is 4.39 Å². The van der Waals surface area contributed by atoms with Crippen molar-refractivity contribution in [3.63, 3.8) is 0 Å². The van der Waals surface area contributed by atoms with Crippen LogP contribution in [-0.2, 0) is 0 Å². The third-order valence-corrected chi connectivity index (χ3v) is 3.71. The molecule has 0 N–H and O–H groups in total. The van der Waals surface area contributed by atoms with Gasteiger partial charge in [-0.05, 0) is 29.8 Å². The van der Waals surface area contributed by atoms with Crippen LogP contribution in [0.3, 0.4) is 0 Å². The van der Waals surface area contributed by atoms with Crippen LogP contribution in [0.15, 0.2) is 55.1 Å². The molecule has 4 heteroatoms. The molecule has 0 spiro atoms. The molecule has 3 nitrogen and oxygen atoms in total. The lowest BCUT2D eigenvalue weighted by atomic mass is 9.97. The van der Waals surface area contributed by atoms with Crippen LogP contribution >= 0.6 is 0 Å². The van der Waals surface area contributed by atoms with Crippen LogP contribution < -0.4 is 14.2 Å². The Kier molecular flexibility index (Phi) is 6.01. The summed E-state index contributed by atoms with van der Waals surface area (Å²) in [5.41, 5.74) is 1.67. The Bertz CT molecular complexity index is 738. The monoisotopic (exact) mass is 328 g/mol. The van der Waals surface area contributed by atoms with Crippen molar-refractivity contribution in [1.29, 1.82) is 0 Å². The highest BCUT2D eigenvalue weighted by Crippen LogP contribution is 2.40. The quantitative estimate of drug-likeness (QED) is 0.681. The van der Waals surface area contributed by atoms with Gasteiger partial charge in [-0.2, -0.15) is 0 Å². The van der Waals surface area contributed by atoms with E-state index in [1.165, 1.54) is 12.1 Å². The van der Waals surface area contributed by atoms with Crippen LogP contribution in [0.2, 0.25) is 0 Å². The van der Waals surface area contributed by atoms with E-state index in [-0.39, 0.29) is 11.7 Å². The zero-order chi connectivity index (χ0) is 17.5. The van der Waals surface area contributed by atoms with E-state index >= 15 is 0 Å². The molecular weight excluding hydrogens is 307 g/mol. The fourth-order valence-electron chi connectivity index (χ4n) is 2.50. The molecule has 126 valence electrons. The first-order valence-corrected chi connectivity index (χ1v) is 7.49. The summed E-state index contributed by atoms with van der Waals surface area (Å²) in [6.07, 6.45) is 5.60. The lowest BCUT2D eigenvalue weighted by Crippen LogP contribution is -1.97. The first-order valence-electron chi connectivity index (χ1n) is 7.49. The zero-order valence-electron chi connectivity index (χ0n) is 14.1. The summed E-state index contributed by atoms with van der Waals surface area (Å²) in [6, 6.07) is 10.2. The van der Waals surface area contributed by atoms with Gasteiger partial charge in [-0.25, -0.2) is 4.39 Å². The van der Waals surface area contributed by atoms with Crippen LogP contribution in [0.1, 0.15) is 17.0 Å². The average molecular weight is 328 g/mol. The molecule has 1 atom stereocenters. The van der Waals surface area contributed by atoms with Crippen molar-refractivity contribution in [3.05, 3.63) is 72.1 Å². The number of hydrogen-bond donors (Lipinski definition) is 0. The third kappa shape index (κ3) is 3.77. The number of hydrogen-bond acceptors (Lipinski definition) is 3. The first kappa shape index (κ1) is 17.6. The van der Waals surface area contributed by atoms with Crippen LogP contribution in [0.4, 0.5) is 4.39 Å². The molecule has 2 rings (SSSR count). The predicted octanol–water partition coefficient (Wildman–Crippen LogP) is 4.83. The Morgan fingerprint density at radius 2 is 1.75 bits per heavy atom. The average Bonchev–Trinajstić information content (AvgIpc) is 2.61. The maximum atomic E-state index is 13.4. The summed E-state index contributed by atoms with van der Waals surface area (Å²) in [7, 11) is 4.71. The molecule has 1 unspecified atom stereocenters. The number of ether oxygens (including phenoxy) is 3. The van der Waals surface area contributed by atoms with Gasteiger partial charge in [0.25, 0.3) is 0 Å². The molecule has 0 radical (unpaired) electrons. The van der Waals surface area contributed by atoms with E-state index in [1.807, 2.05) is 30.4 Å². The Morgan fingerprint density at radius 3 is 2.33 bits per heavy atom. The number of methoxy groups -OCH3 is 3. The molecule has 0 saturated carbocycles. The molecule has 24 heavy (non-hydrogen) atoms. The Morgan fingerprint density at radius 1 is 1.00 bits per heavy atom. The minimum Gasteiger partial charge on any atom is -0.493 e. The standard InChI is InChI=1S/C20H21FO3/c1-5-14(16-7-6-8-17(21)13-16)9-10-15-11-12-18(22-2)20(24-4)19(15)23-3/h5-14H,1H2,2-4H3/b10-9+. The van der Waals surface area contributed by atoms with Gasteiger partial charge < -0.3 is 14.2 Å². The molecule has 0 aliphatic heterocycles. The molecule has 0 saturated heterocycles. The molecular formula is C20H21FO3. The minimum absolute atomic E-state index is 0.112. The maximum Gasteiger partial charge on any atom is 0.203 e. The Hall–Kier alpha value is -2.75. The van der Waals surface area contributed by atoms with Gasteiger partial charge in [0, 0.05) is 11.5 Å². The van der Waals surface area contributed by atoms with E-state index in [2.05, 4.69) is 6.58 Å². The summed E-state index contributed by atoms with van der Waals surface area (Å²) >= 11 is 0. The topological polar surface area (TPSA) is 27.7 Å². The van der Waals surface area contributed by atoms with Crippen molar-refractivity contribution in [2.24, 2.45) is 0 Å². The molecule has 2 aromatic rings. The molecule has 0 aliphatic rings. The lowest BCUT2D eigenvalue weighted by Gasteiger charge is -2.14. The normalized spacial score (nSPS) is 12.0. The smallest absolute Gasteiger partial charge is 0.203 e. The number of halogens is 1. The number of allylic oxidation sites excluding steroid dienone is 2. The van der Waals surface area contributed by atoms with E-state index < -0.39 is 0 Å². The van der Waals surface area contributed by atoms with Gasteiger partial charge in [-0.15, -0.1) is 6.58 Å². The van der Waals surface area contributed by atoms with Crippen LogP contribution in [0.25, 0.3) is 6.08 Å². The minimum atomic E-state index is -0.267. The van der Waals surface area contributed by atoms with Crippen molar-refractivity contribution in [2.75, 3.05) is 21.3 Å². The van der Waals surface area contributed by atoms with Gasteiger partial charge in [0.05, 0.1) is 21.3 Å². The molecule has 0 heterocycles. The van der Waals surface area contributed by atoms with Crippen molar-refractivity contribution in [1.82, 2.24) is 0 Å². The Labute approximate surface area is 142 Å². The Balaban J connectivity index is 2.38. The molecule has 0 aromatic heterocycles. The fourth-order valence-corrected chi connectivity index (χ4v) is 2.50. The van der Waals surface area contributed by atoms with E-state index in [1.54, 1.807) is 33.5 Å². The van der Waals surface area contributed by atoms with Crippen LogP contribution in [-0.4, -0.2) is 21.3 Å². The third-order valence-electron chi connectivity index (χ3n) is 3.71. The lowest BCUT2D eigenvalue weighted by molar-refractivity contribution is 0.324. The second-order valence-electron chi connectivity index (χ2n) is 5.10. The van der Waals surface area contributed by atoms with Gasteiger partial charge >= 0.3 is 0 Å². The van der Waals surface area contributed by atoms with Crippen LogP contribution in [0, 0.1) is 5.82 Å².